The summed E-state index contributed by atoms with van der Waals surface area (Å²) in [6, 6.07) is 13.7. The molecule has 1 aliphatic heterocycles. The molecule has 3 rings (SSSR count). The molecule has 2 aromatic rings. The zero-order valence-electron chi connectivity index (χ0n) is 12.8. The van der Waals surface area contributed by atoms with E-state index in [2.05, 4.69) is 6.07 Å². The molecule has 1 atom stereocenters. The predicted octanol–water partition coefficient (Wildman–Crippen LogP) is 4.43. The SMILES string of the molecule is Cc1cccc(-c2ccc(N3CCOCC3C(F)(F)F)cc2)c1. The number of hydrogen-bond donors (Lipinski definition) is 0. The van der Waals surface area contributed by atoms with Gasteiger partial charge >= 0.3 is 6.18 Å². The van der Waals surface area contributed by atoms with Crippen molar-refractivity contribution in [1.29, 1.82) is 0 Å². The van der Waals surface area contributed by atoms with Crippen LogP contribution >= 0.6 is 0 Å². The van der Waals surface area contributed by atoms with Gasteiger partial charge in [0, 0.05) is 12.2 Å². The van der Waals surface area contributed by atoms with E-state index in [1.54, 1.807) is 12.1 Å². The van der Waals surface area contributed by atoms with Crippen molar-refractivity contribution in [2.45, 2.75) is 19.1 Å². The van der Waals surface area contributed by atoms with Gasteiger partial charge in [-0.2, -0.15) is 13.2 Å². The van der Waals surface area contributed by atoms with Crippen molar-refractivity contribution in [2.75, 3.05) is 24.7 Å². The van der Waals surface area contributed by atoms with Gasteiger partial charge in [0.15, 0.2) is 0 Å². The molecule has 2 aromatic carbocycles. The Morgan fingerprint density at radius 1 is 1.04 bits per heavy atom. The minimum atomic E-state index is -4.30. The predicted molar refractivity (Wildman–Crippen MR) is 84.6 cm³/mol. The van der Waals surface area contributed by atoms with Gasteiger partial charge in [-0.15, -0.1) is 0 Å². The molecule has 5 heteroatoms. The van der Waals surface area contributed by atoms with E-state index in [9.17, 15) is 13.2 Å². The second-order valence-corrected chi connectivity index (χ2v) is 5.74. The van der Waals surface area contributed by atoms with Crippen molar-refractivity contribution in [3.63, 3.8) is 0 Å². The van der Waals surface area contributed by atoms with Crippen LogP contribution < -0.4 is 4.90 Å². The lowest BCUT2D eigenvalue weighted by atomic mass is 10.0. The third-order valence-corrected chi connectivity index (χ3v) is 4.06. The van der Waals surface area contributed by atoms with Gasteiger partial charge < -0.3 is 9.64 Å². The fourth-order valence-electron chi connectivity index (χ4n) is 2.85. The maximum Gasteiger partial charge on any atom is 0.411 e. The lowest BCUT2D eigenvalue weighted by Gasteiger charge is -2.38. The summed E-state index contributed by atoms with van der Waals surface area (Å²) in [7, 11) is 0. The van der Waals surface area contributed by atoms with E-state index < -0.39 is 12.2 Å². The number of halogens is 3. The zero-order valence-corrected chi connectivity index (χ0v) is 12.8. The second kappa shape index (κ2) is 6.24. The highest BCUT2D eigenvalue weighted by Crippen LogP contribution is 2.32. The highest BCUT2D eigenvalue weighted by atomic mass is 19.4. The highest BCUT2D eigenvalue weighted by molar-refractivity contribution is 5.67. The van der Waals surface area contributed by atoms with Gasteiger partial charge in [-0.25, -0.2) is 0 Å². The third kappa shape index (κ3) is 3.50. The first-order valence-electron chi connectivity index (χ1n) is 7.53. The van der Waals surface area contributed by atoms with Gasteiger partial charge in [-0.3, -0.25) is 0 Å². The number of rotatable bonds is 2. The van der Waals surface area contributed by atoms with Gasteiger partial charge in [0.2, 0.25) is 0 Å². The van der Waals surface area contributed by atoms with Crippen LogP contribution in [0, 0.1) is 6.92 Å². The number of aryl methyl sites for hydroxylation is 1. The summed E-state index contributed by atoms with van der Waals surface area (Å²) in [4.78, 5) is 1.38. The molecule has 122 valence electrons. The van der Waals surface area contributed by atoms with E-state index in [-0.39, 0.29) is 13.2 Å². The Balaban J connectivity index is 1.86. The molecular formula is C18H18F3NO. The molecular weight excluding hydrogens is 303 g/mol. The molecule has 1 unspecified atom stereocenters. The summed E-state index contributed by atoms with van der Waals surface area (Å²) in [5.41, 5.74) is 3.78. The monoisotopic (exact) mass is 321 g/mol. The van der Waals surface area contributed by atoms with E-state index in [1.807, 2.05) is 37.3 Å². The van der Waals surface area contributed by atoms with Crippen molar-refractivity contribution in [2.24, 2.45) is 0 Å². The van der Waals surface area contributed by atoms with Crippen LogP contribution in [0.4, 0.5) is 18.9 Å². The summed E-state index contributed by atoms with van der Waals surface area (Å²) >= 11 is 0. The molecule has 0 radical (unpaired) electrons. The molecule has 0 N–H and O–H groups in total. The fraction of sp³-hybridized carbons (Fsp3) is 0.333. The molecule has 1 saturated heterocycles. The first-order valence-corrected chi connectivity index (χ1v) is 7.53. The lowest BCUT2D eigenvalue weighted by Crippen LogP contribution is -2.53. The summed E-state index contributed by atoms with van der Waals surface area (Å²) in [5.74, 6) is 0. The van der Waals surface area contributed by atoms with Crippen molar-refractivity contribution < 1.29 is 17.9 Å². The number of nitrogens with zero attached hydrogens (tertiary/aromatic N) is 1. The molecule has 1 heterocycles. The largest absolute Gasteiger partial charge is 0.411 e. The Morgan fingerprint density at radius 2 is 1.78 bits per heavy atom. The standard InChI is InChI=1S/C18H18F3NO/c1-13-3-2-4-15(11-13)14-5-7-16(8-6-14)22-9-10-23-12-17(22)18(19,20)21/h2-8,11,17H,9-10,12H2,1H3. The third-order valence-electron chi connectivity index (χ3n) is 4.06. The van der Waals surface area contributed by atoms with Gasteiger partial charge in [0.05, 0.1) is 13.2 Å². The smallest absolute Gasteiger partial charge is 0.377 e. The van der Waals surface area contributed by atoms with Gasteiger partial charge in [-0.1, -0.05) is 42.0 Å². The maximum absolute atomic E-state index is 13.1. The topological polar surface area (TPSA) is 12.5 Å². The van der Waals surface area contributed by atoms with Crippen LogP contribution in [0.15, 0.2) is 48.5 Å². The number of benzene rings is 2. The Labute approximate surface area is 133 Å². The van der Waals surface area contributed by atoms with E-state index in [4.69, 9.17) is 4.74 Å². The van der Waals surface area contributed by atoms with E-state index in [0.717, 1.165) is 16.7 Å². The number of alkyl halides is 3. The van der Waals surface area contributed by atoms with Gasteiger partial charge in [0.25, 0.3) is 0 Å². The molecule has 23 heavy (non-hydrogen) atoms. The van der Waals surface area contributed by atoms with E-state index in [1.165, 1.54) is 4.90 Å². The van der Waals surface area contributed by atoms with Crippen molar-refractivity contribution in [3.05, 3.63) is 54.1 Å². The average Bonchev–Trinajstić information content (AvgIpc) is 2.54. The zero-order chi connectivity index (χ0) is 16.4. The minimum absolute atomic E-state index is 0.244. The molecule has 0 spiro atoms. The van der Waals surface area contributed by atoms with Crippen LogP contribution in [-0.2, 0) is 4.74 Å². The second-order valence-electron chi connectivity index (χ2n) is 5.74. The first kappa shape index (κ1) is 15.9. The summed E-state index contributed by atoms with van der Waals surface area (Å²) in [5, 5.41) is 0. The molecule has 0 saturated carbocycles. The Morgan fingerprint density at radius 3 is 2.43 bits per heavy atom. The van der Waals surface area contributed by atoms with Crippen LogP contribution in [0.2, 0.25) is 0 Å². The van der Waals surface area contributed by atoms with Gasteiger partial charge in [0.1, 0.15) is 6.04 Å². The summed E-state index contributed by atoms with van der Waals surface area (Å²) < 4.78 is 44.4. The maximum atomic E-state index is 13.1. The highest BCUT2D eigenvalue weighted by Gasteiger charge is 2.45. The first-order chi connectivity index (χ1) is 10.9. The quantitative estimate of drug-likeness (QED) is 0.811. The average molecular weight is 321 g/mol. The van der Waals surface area contributed by atoms with E-state index >= 15 is 0 Å². The Hall–Kier alpha value is -2.01. The van der Waals surface area contributed by atoms with Crippen LogP contribution in [0.25, 0.3) is 11.1 Å². The normalized spacial score (nSPS) is 19.0. The summed E-state index contributed by atoms with van der Waals surface area (Å²) in [6.07, 6.45) is -4.30. The number of hydrogen-bond acceptors (Lipinski definition) is 2. The lowest BCUT2D eigenvalue weighted by molar-refractivity contribution is -0.167. The number of morpholine rings is 1. The Kier molecular flexibility index (Phi) is 4.31. The molecule has 0 aromatic heterocycles. The van der Waals surface area contributed by atoms with Gasteiger partial charge in [-0.05, 0) is 30.2 Å². The Bertz CT molecular complexity index is 667. The van der Waals surface area contributed by atoms with Crippen LogP contribution in [0.5, 0.6) is 0 Å². The molecule has 2 nitrogen and oxygen atoms in total. The minimum Gasteiger partial charge on any atom is -0.377 e. The van der Waals surface area contributed by atoms with E-state index in [0.29, 0.717) is 12.3 Å². The van der Waals surface area contributed by atoms with Crippen LogP contribution in [-0.4, -0.2) is 32.0 Å². The molecule has 0 bridgehead atoms. The summed E-state index contributed by atoms with van der Waals surface area (Å²) in [6.45, 7) is 2.25. The van der Waals surface area contributed by atoms with Crippen molar-refractivity contribution in [1.82, 2.24) is 0 Å². The fourth-order valence-corrected chi connectivity index (χ4v) is 2.85. The number of ether oxygens (including phenoxy) is 1. The van der Waals surface area contributed by atoms with Crippen molar-refractivity contribution in [3.8, 4) is 11.1 Å². The van der Waals surface area contributed by atoms with Crippen molar-refractivity contribution >= 4 is 5.69 Å². The molecule has 0 aliphatic carbocycles. The van der Waals surface area contributed by atoms with Crippen LogP contribution in [0.3, 0.4) is 0 Å². The number of anilines is 1. The van der Waals surface area contributed by atoms with Crippen LogP contribution in [0.1, 0.15) is 5.56 Å². The molecule has 1 fully saturated rings. The molecule has 1 aliphatic rings. The molecule has 0 amide bonds.